The van der Waals surface area contributed by atoms with Crippen molar-refractivity contribution in [2.45, 2.75) is 0 Å². The molecule has 0 aliphatic heterocycles. The molecular weight excluding hydrogens is 416 g/mol. The molecule has 0 bridgehead atoms. The van der Waals surface area contributed by atoms with Crippen molar-refractivity contribution in [3.05, 3.63) is 99.6 Å². The normalized spacial score (nSPS) is 10.2. The van der Waals surface area contributed by atoms with Crippen molar-refractivity contribution in [1.29, 1.82) is 0 Å². The number of non-ortho nitro benzene ring substituents is 1. The third-order valence-electron chi connectivity index (χ3n) is 4.42. The number of anilines is 1. The smallest absolute Gasteiger partial charge is 0.339 e. The molecule has 0 aromatic heterocycles. The number of rotatable bonds is 8. The standard InChI is InChI=1S/C23H18N2O7/c1-31-18-11-9-15(10-12-18)22(27)19-7-2-3-8-20(19)23(28)32-14-21(26)24-16-5-4-6-17(13-16)25(29)30/h2-13H,14H2,1H3,(H,24,26). The van der Waals surface area contributed by atoms with E-state index in [0.717, 1.165) is 0 Å². The Labute approximate surface area is 182 Å². The molecule has 0 unspecified atom stereocenters. The van der Waals surface area contributed by atoms with E-state index in [-0.39, 0.29) is 28.3 Å². The monoisotopic (exact) mass is 434 g/mol. The molecule has 0 saturated carbocycles. The fraction of sp³-hybridized carbons (Fsp3) is 0.0870. The summed E-state index contributed by atoms with van der Waals surface area (Å²) in [5.41, 5.74) is 0.494. The molecule has 9 nitrogen and oxygen atoms in total. The predicted molar refractivity (Wildman–Crippen MR) is 115 cm³/mol. The predicted octanol–water partition coefficient (Wildman–Crippen LogP) is 3.63. The minimum atomic E-state index is -0.850. The summed E-state index contributed by atoms with van der Waals surface area (Å²) >= 11 is 0. The quantitative estimate of drug-likeness (QED) is 0.248. The van der Waals surface area contributed by atoms with E-state index < -0.39 is 23.4 Å². The number of nitro groups is 1. The SMILES string of the molecule is COc1ccc(C(=O)c2ccccc2C(=O)OCC(=O)Nc2cccc([N+](=O)[O-])c2)cc1. The number of carbonyl (C=O) groups is 3. The lowest BCUT2D eigenvalue weighted by Gasteiger charge is -2.10. The van der Waals surface area contributed by atoms with Crippen LogP contribution in [0, 0.1) is 10.1 Å². The lowest BCUT2D eigenvalue weighted by Crippen LogP contribution is -2.22. The van der Waals surface area contributed by atoms with Crippen molar-refractivity contribution in [2.24, 2.45) is 0 Å². The van der Waals surface area contributed by atoms with E-state index in [4.69, 9.17) is 9.47 Å². The summed E-state index contributed by atoms with van der Waals surface area (Å²) in [5.74, 6) is -1.33. The molecule has 0 fully saturated rings. The summed E-state index contributed by atoms with van der Waals surface area (Å²) in [6, 6.07) is 17.9. The van der Waals surface area contributed by atoms with Crippen LogP contribution in [-0.2, 0) is 9.53 Å². The van der Waals surface area contributed by atoms with Gasteiger partial charge in [-0.1, -0.05) is 24.3 Å². The highest BCUT2D eigenvalue weighted by molar-refractivity contribution is 6.14. The summed E-state index contributed by atoms with van der Waals surface area (Å²) in [7, 11) is 1.51. The Morgan fingerprint density at radius 1 is 0.938 bits per heavy atom. The van der Waals surface area contributed by atoms with Crippen LogP contribution in [-0.4, -0.2) is 36.3 Å². The van der Waals surface area contributed by atoms with Gasteiger partial charge in [0.15, 0.2) is 12.4 Å². The molecule has 0 aliphatic carbocycles. The average Bonchev–Trinajstić information content (AvgIpc) is 2.82. The van der Waals surface area contributed by atoms with Crippen LogP contribution in [0.15, 0.2) is 72.8 Å². The van der Waals surface area contributed by atoms with Gasteiger partial charge < -0.3 is 14.8 Å². The first kappa shape index (κ1) is 22.2. The van der Waals surface area contributed by atoms with Crippen molar-refractivity contribution in [2.75, 3.05) is 19.0 Å². The summed E-state index contributed by atoms with van der Waals surface area (Å²) in [5, 5.41) is 13.2. The maximum absolute atomic E-state index is 12.9. The van der Waals surface area contributed by atoms with Gasteiger partial charge in [-0.15, -0.1) is 0 Å². The Hall–Kier alpha value is -4.53. The molecule has 32 heavy (non-hydrogen) atoms. The van der Waals surface area contributed by atoms with Crippen LogP contribution in [0.25, 0.3) is 0 Å². The number of esters is 1. The molecule has 0 spiro atoms. The molecule has 1 amide bonds. The number of ether oxygens (including phenoxy) is 2. The van der Waals surface area contributed by atoms with Crippen molar-refractivity contribution in [3.8, 4) is 5.75 Å². The first-order chi connectivity index (χ1) is 15.4. The van der Waals surface area contributed by atoms with Crippen molar-refractivity contribution in [1.82, 2.24) is 0 Å². The van der Waals surface area contributed by atoms with E-state index >= 15 is 0 Å². The van der Waals surface area contributed by atoms with Gasteiger partial charge in [0.1, 0.15) is 5.75 Å². The Balaban J connectivity index is 1.68. The Bertz CT molecular complexity index is 1170. The molecule has 0 saturated heterocycles. The molecule has 0 aliphatic rings. The fourth-order valence-electron chi connectivity index (χ4n) is 2.86. The number of methoxy groups -OCH3 is 1. The molecule has 0 atom stereocenters. The van der Waals surface area contributed by atoms with Crippen molar-refractivity contribution >= 4 is 29.0 Å². The van der Waals surface area contributed by atoms with Gasteiger partial charge >= 0.3 is 5.97 Å². The number of nitrogens with one attached hydrogen (secondary N) is 1. The number of carbonyl (C=O) groups excluding carboxylic acids is 3. The fourth-order valence-corrected chi connectivity index (χ4v) is 2.86. The molecular formula is C23H18N2O7. The molecule has 9 heteroatoms. The van der Waals surface area contributed by atoms with E-state index in [2.05, 4.69) is 5.32 Å². The molecule has 3 aromatic rings. The van der Waals surface area contributed by atoms with Gasteiger partial charge in [0.25, 0.3) is 11.6 Å². The maximum Gasteiger partial charge on any atom is 0.339 e. The van der Waals surface area contributed by atoms with E-state index in [1.807, 2.05) is 0 Å². The molecule has 0 heterocycles. The first-order valence-corrected chi connectivity index (χ1v) is 9.38. The van der Waals surface area contributed by atoms with Crippen LogP contribution in [0.1, 0.15) is 26.3 Å². The van der Waals surface area contributed by atoms with E-state index in [0.29, 0.717) is 11.3 Å². The number of hydrogen-bond acceptors (Lipinski definition) is 7. The van der Waals surface area contributed by atoms with E-state index in [1.165, 1.54) is 43.5 Å². The number of benzene rings is 3. The Kier molecular flexibility index (Phi) is 6.92. The van der Waals surface area contributed by atoms with Gasteiger partial charge in [-0.2, -0.15) is 0 Å². The highest BCUT2D eigenvalue weighted by Crippen LogP contribution is 2.19. The topological polar surface area (TPSA) is 125 Å². The Morgan fingerprint density at radius 3 is 2.28 bits per heavy atom. The third kappa shape index (κ3) is 5.33. The highest BCUT2D eigenvalue weighted by Gasteiger charge is 2.20. The van der Waals surface area contributed by atoms with Crippen molar-refractivity contribution < 1.29 is 28.8 Å². The molecule has 3 rings (SSSR count). The number of hydrogen-bond donors (Lipinski definition) is 1. The number of nitrogens with zero attached hydrogens (tertiary/aromatic N) is 1. The van der Waals surface area contributed by atoms with Crippen LogP contribution in [0.3, 0.4) is 0 Å². The zero-order valence-corrected chi connectivity index (χ0v) is 16.9. The van der Waals surface area contributed by atoms with Crippen LogP contribution in [0.4, 0.5) is 11.4 Å². The zero-order chi connectivity index (χ0) is 23.1. The number of nitro benzene ring substituents is 1. The van der Waals surface area contributed by atoms with E-state index in [9.17, 15) is 24.5 Å². The largest absolute Gasteiger partial charge is 0.497 e. The Morgan fingerprint density at radius 2 is 1.62 bits per heavy atom. The second-order valence-electron chi connectivity index (χ2n) is 6.53. The average molecular weight is 434 g/mol. The number of amides is 1. The van der Waals surface area contributed by atoms with Gasteiger partial charge in [-0.25, -0.2) is 4.79 Å². The zero-order valence-electron chi connectivity index (χ0n) is 16.9. The summed E-state index contributed by atoms with van der Waals surface area (Å²) < 4.78 is 10.1. The summed E-state index contributed by atoms with van der Waals surface area (Å²) in [4.78, 5) is 47.7. The second-order valence-corrected chi connectivity index (χ2v) is 6.53. The maximum atomic E-state index is 12.9. The van der Waals surface area contributed by atoms with Gasteiger partial charge in [0, 0.05) is 28.9 Å². The summed E-state index contributed by atoms with van der Waals surface area (Å²) in [6.07, 6.45) is 0. The highest BCUT2D eigenvalue weighted by atomic mass is 16.6. The molecule has 1 N–H and O–H groups in total. The molecule has 0 radical (unpaired) electrons. The van der Waals surface area contributed by atoms with Crippen LogP contribution >= 0.6 is 0 Å². The number of ketones is 1. The summed E-state index contributed by atoms with van der Waals surface area (Å²) in [6.45, 7) is -0.632. The van der Waals surface area contributed by atoms with Crippen LogP contribution in [0.2, 0.25) is 0 Å². The lowest BCUT2D eigenvalue weighted by atomic mass is 9.98. The second kappa shape index (κ2) is 9.98. The van der Waals surface area contributed by atoms with Crippen LogP contribution < -0.4 is 10.1 Å². The first-order valence-electron chi connectivity index (χ1n) is 9.38. The van der Waals surface area contributed by atoms with Gasteiger partial charge in [-0.05, 0) is 36.4 Å². The molecule has 3 aromatic carbocycles. The minimum Gasteiger partial charge on any atom is -0.497 e. The van der Waals surface area contributed by atoms with E-state index in [1.54, 1.807) is 36.4 Å². The third-order valence-corrected chi connectivity index (χ3v) is 4.42. The molecule has 162 valence electrons. The van der Waals surface area contributed by atoms with Crippen molar-refractivity contribution in [3.63, 3.8) is 0 Å². The lowest BCUT2D eigenvalue weighted by molar-refractivity contribution is -0.384. The van der Waals surface area contributed by atoms with Crippen LogP contribution in [0.5, 0.6) is 5.75 Å². The van der Waals surface area contributed by atoms with Gasteiger partial charge in [0.05, 0.1) is 17.6 Å². The van der Waals surface area contributed by atoms with Gasteiger partial charge in [-0.3, -0.25) is 19.7 Å². The van der Waals surface area contributed by atoms with Gasteiger partial charge in [0.2, 0.25) is 0 Å². The minimum absolute atomic E-state index is 0.0106.